The zero-order valence-electron chi connectivity index (χ0n) is 29.0. The summed E-state index contributed by atoms with van der Waals surface area (Å²) in [7, 11) is 0. The van der Waals surface area contributed by atoms with Gasteiger partial charge in [0.1, 0.15) is 23.7 Å². The number of hydrogen-bond acceptors (Lipinski definition) is 8. The van der Waals surface area contributed by atoms with Gasteiger partial charge >= 0.3 is 6.09 Å². The van der Waals surface area contributed by atoms with Crippen LogP contribution in [-0.4, -0.2) is 89.3 Å². The molecule has 5 rings (SSSR count). The van der Waals surface area contributed by atoms with E-state index in [1.807, 2.05) is 68.1 Å². The van der Waals surface area contributed by atoms with Gasteiger partial charge in [0.25, 0.3) is 0 Å². The Morgan fingerprint density at radius 2 is 1.65 bits per heavy atom. The van der Waals surface area contributed by atoms with Crippen LogP contribution < -0.4 is 14.4 Å². The summed E-state index contributed by atoms with van der Waals surface area (Å²) < 4.78 is 17.3. The average Bonchev–Trinajstić information content (AvgIpc) is 3.09. The second kappa shape index (κ2) is 15.8. The number of piperazine rings is 1. The van der Waals surface area contributed by atoms with E-state index in [2.05, 4.69) is 33.5 Å². The lowest BCUT2D eigenvalue weighted by atomic mass is 9.78. The summed E-state index contributed by atoms with van der Waals surface area (Å²) in [6.45, 7) is 23.1. The van der Waals surface area contributed by atoms with Gasteiger partial charge in [-0.2, -0.15) is 0 Å². The van der Waals surface area contributed by atoms with E-state index >= 15 is 0 Å². The van der Waals surface area contributed by atoms with Crippen LogP contribution in [0.1, 0.15) is 64.3 Å². The molecule has 0 unspecified atom stereocenters. The molecule has 262 valence electrons. The predicted molar refractivity (Wildman–Crippen MR) is 193 cm³/mol. The number of alkyl halides is 1. The third-order valence-corrected chi connectivity index (χ3v) is 9.52. The Balaban J connectivity index is 1.13. The van der Waals surface area contributed by atoms with Gasteiger partial charge in [-0.25, -0.2) is 19.6 Å². The number of aromatic nitrogens is 2. The first kappa shape index (κ1) is 36.5. The normalized spacial score (nSPS) is 16.3. The molecule has 0 bridgehead atoms. The molecule has 0 atom stereocenters. The highest BCUT2D eigenvalue weighted by Gasteiger charge is 2.31. The van der Waals surface area contributed by atoms with Crippen molar-refractivity contribution in [1.82, 2.24) is 19.8 Å². The molecule has 3 heterocycles. The zero-order valence-corrected chi connectivity index (χ0v) is 30.6. The summed E-state index contributed by atoms with van der Waals surface area (Å²) in [4.78, 5) is 32.1. The summed E-state index contributed by atoms with van der Waals surface area (Å²) in [5.41, 5.74) is 2.24. The van der Waals surface area contributed by atoms with Crippen molar-refractivity contribution in [3.05, 3.63) is 81.9 Å². The van der Waals surface area contributed by atoms with Crippen LogP contribution in [0.5, 0.6) is 11.5 Å². The predicted octanol–water partition coefficient (Wildman–Crippen LogP) is 7.72. The second-order valence-electron chi connectivity index (χ2n) is 14.0. The molecule has 49 heavy (non-hydrogen) atoms. The van der Waals surface area contributed by atoms with Crippen LogP contribution in [0.4, 0.5) is 16.4 Å². The van der Waals surface area contributed by atoms with E-state index in [1.165, 1.54) is 0 Å². The molecular weight excluding hydrogens is 663 g/mol. The number of nitrogens with zero attached hydrogens (tertiary/aromatic N) is 6. The number of piperidine rings is 1. The number of halogens is 2. The van der Waals surface area contributed by atoms with Gasteiger partial charge in [0.05, 0.1) is 29.8 Å². The minimum Gasteiger partial charge on any atom is -0.502 e. The topological polar surface area (TPSA) is 84.6 Å². The maximum absolute atomic E-state index is 12.5. The molecule has 2 aromatic carbocycles. The van der Waals surface area contributed by atoms with Crippen LogP contribution in [0.15, 0.2) is 48.7 Å². The molecule has 0 spiro atoms. The number of benzene rings is 2. The minimum atomic E-state index is -0.476. The van der Waals surface area contributed by atoms with Crippen molar-refractivity contribution >= 4 is 40.9 Å². The lowest BCUT2D eigenvalue weighted by molar-refractivity contribution is 0.0139. The smallest absolute Gasteiger partial charge is 0.410 e. The molecule has 0 aliphatic carbocycles. The first-order chi connectivity index (χ1) is 23.4. The molecule has 2 saturated heterocycles. The Morgan fingerprint density at radius 3 is 2.29 bits per heavy atom. The molecule has 2 aliphatic rings. The van der Waals surface area contributed by atoms with Crippen LogP contribution in [0.3, 0.4) is 0 Å². The van der Waals surface area contributed by atoms with E-state index in [0.29, 0.717) is 40.9 Å². The van der Waals surface area contributed by atoms with Crippen molar-refractivity contribution in [3.8, 4) is 11.5 Å². The van der Waals surface area contributed by atoms with Gasteiger partial charge in [0, 0.05) is 56.9 Å². The number of carbonyl (C=O) groups is 1. The molecule has 12 heteroatoms. The second-order valence-corrected chi connectivity index (χ2v) is 14.7. The summed E-state index contributed by atoms with van der Waals surface area (Å²) in [5.74, 6) is 2.13. The highest BCUT2D eigenvalue weighted by molar-refractivity contribution is 6.32. The number of amides is 1. The van der Waals surface area contributed by atoms with Crippen LogP contribution in [0.25, 0.3) is 4.85 Å². The molecule has 1 amide bonds. The van der Waals surface area contributed by atoms with Crippen molar-refractivity contribution in [3.63, 3.8) is 0 Å². The Morgan fingerprint density at radius 1 is 0.959 bits per heavy atom. The van der Waals surface area contributed by atoms with Crippen LogP contribution in [0, 0.1) is 6.57 Å². The van der Waals surface area contributed by atoms with E-state index in [0.717, 1.165) is 74.7 Å². The highest BCUT2D eigenvalue weighted by atomic mass is 35.5. The number of hydrogen-bond donors (Lipinski definition) is 0. The molecule has 0 radical (unpaired) electrons. The van der Waals surface area contributed by atoms with Crippen LogP contribution in [0.2, 0.25) is 5.02 Å². The number of ether oxygens (including phenoxy) is 3. The molecule has 2 aliphatic heterocycles. The molecular formula is C37H46Cl2N6O4. The van der Waals surface area contributed by atoms with E-state index in [4.69, 9.17) is 49.0 Å². The standard InChI is InChI=1S/C37H46Cl2N6O4/c1-36(2,3)49-35(46)45-16-12-29(13-17-45)43-18-20-44(21-19-43)34-41-15-11-28(42-34)25-48-30-9-7-26(8-10-30)37(4,5)27-23-31(39)33(47-22-14-38)32(24-27)40-6/h7-11,15,23-24,29H,12-14,16-22,25H2,1-5H3. The molecule has 10 nitrogen and oxygen atoms in total. The molecule has 0 saturated carbocycles. The number of likely N-dealkylation sites (tertiary alicyclic amines) is 1. The van der Waals surface area contributed by atoms with Crippen LogP contribution in [-0.2, 0) is 16.8 Å². The minimum absolute atomic E-state index is 0.215. The maximum Gasteiger partial charge on any atom is 0.410 e. The Bertz CT molecular complexity index is 1620. The molecule has 3 aromatic rings. The van der Waals surface area contributed by atoms with Crippen molar-refractivity contribution < 1.29 is 19.0 Å². The fourth-order valence-electron chi connectivity index (χ4n) is 6.24. The summed E-state index contributed by atoms with van der Waals surface area (Å²) in [5, 5.41) is 0.394. The first-order valence-electron chi connectivity index (χ1n) is 16.8. The molecule has 0 N–H and O–H groups in total. The number of anilines is 1. The monoisotopic (exact) mass is 708 g/mol. The van der Waals surface area contributed by atoms with Crippen molar-refractivity contribution in [2.24, 2.45) is 0 Å². The maximum atomic E-state index is 12.5. The van der Waals surface area contributed by atoms with Gasteiger partial charge in [-0.15, -0.1) is 11.6 Å². The lowest BCUT2D eigenvalue weighted by Crippen LogP contribution is -2.54. The van der Waals surface area contributed by atoms with E-state index in [9.17, 15) is 4.79 Å². The average molecular weight is 710 g/mol. The summed E-state index contributed by atoms with van der Waals surface area (Å²) in [6.07, 6.45) is 3.49. The quantitative estimate of drug-likeness (QED) is 0.156. The Kier molecular flexibility index (Phi) is 11.8. The highest BCUT2D eigenvalue weighted by Crippen LogP contribution is 2.42. The van der Waals surface area contributed by atoms with Gasteiger partial charge in [0.15, 0.2) is 0 Å². The van der Waals surface area contributed by atoms with Gasteiger partial charge in [-0.05, 0) is 75.1 Å². The Labute approximate surface area is 300 Å². The lowest BCUT2D eigenvalue weighted by Gasteiger charge is -2.42. The van der Waals surface area contributed by atoms with Gasteiger partial charge in [-0.1, -0.05) is 37.6 Å². The number of rotatable bonds is 10. The fourth-order valence-corrected chi connectivity index (χ4v) is 6.59. The van der Waals surface area contributed by atoms with Crippen molar-refractivity contribution in [1.29, 1.82) is 0 Å². The zero-order chi connectivity index (χ0) is 35.2. The van der Waals surface area contributed by atoms with Crippen molar-refractivity contribution in [2.45, 2.75) is 71.1 Å². The summed E-state index contributed by atoms with van der Waals surface area (Å²) in [6, 6.07) is 14.0. The Hall–Kier alpha value is -3.78. The molecule has 2 fully saturated rings. The van der Waals surface area contributed by atoms with E-state index < -0.39 is 11.0 Å². The fraction of sp³-hybridized carbons (Fsp3) is 0.514. The van der Waals surface area contributed by atoms with E-state index in [1.54, 1.807) is 6.20 Å². The van der Waals surface area contributed by atoms with Gasteiger partial charge in [-0.3, -0.25) is 4.90 Å². The first-order valence-corrected chi connectivity index (χ1v) is 17.7. The third kappa shape index (κ3) is 9.27. The van der Waals surface area contributed by atoms with Crippen molar-refractivity contribution in [2.75, 3.05) is 56.7 Å². The van der Waals surface area contributed by atoms with Gasteiger partial charge in [0.2, 0.25) is 11.6 Å². The molecule has 1 aromatic heterocycles. The largest absolute Gasteiger partial charge is 0.502 e. The van der Waals surface area contributed by atoms with Crippen LogP contribution >= 0.6 is 23.2 Å². The summed E-state index contributed by atoms with van der Waals surface area (Å²) >= 11 is 12.3. The SMILES string of the molecule is [C-]#[N+]c1cc(C(C)(C)c2ccc(OCc3ccnc(N4CCN(C5CCN(C(=O)OC(C)(C)C)CC5)CC4)n3)cc2)cc(Cl)c1OCCCl. The number of carbonyl (C=O) groups excluding carboxylic acids is 1. The third-order valence-electron chi connectivity index (χ3n) is 9.08. The van der Waals surface area contributed by atoms with E-state index in [-0.39, 0.29) is 12.7 Å². The van der Waals surface area contributed by atoms with Gasteiger partial charge < -0.3 is 24.0 Å².